The molecule has 2 aromatic rings. The van der Waals surface area contributed by atoms with Gasteiger partial charge in [0.2, 0.25) is 5.75 Å². The first-order valence-electron chi connectivity index (χ1n) is 10.8. The fourth-order valence-electron chi connectivity index (χ4n) is 3.31. The molecule has 0 aliphatic heterocycles. The fourth-order valence-corrected chi connectivity index (χ4v) is 3.31. The van der Waals surface area contributed by atoms with Crippen molar-refractivity contribution in [1.82, 2.24) is 0 Å². The molecule has 190 valence electrons. The lowest BCUT2D eigenvalue weighted by molar-refractivity contribution is -0.000723. The zero-order valence-corrected chi connectivity index (χ0v) is 19.6. The van der Waals surface area contributed by atoms with Gasteiger partial charge in [0.05, 0.1) is 41.2 Å². The third-order valence-electron chi connectivity index (χ3n) is 5.18. The van der Waals surface area contributed by atoms with Crippen LogP contribution in [0.15, 0.2) is 30.3 Å². The molecule has 2 aromatic carbocycles. The van der Waals surface area contributed by atoms with Gasteiger partial charge in [0, 0.05) is 6.61 Å². The smallest absolute Gasteiger partial charge is 0.204 e. The van der Waals surface area contributed by atoms with Crippen molar-refractivity contribution in [2.24, 2.45) is 0 Å². The summed E-state index contributed by atoms with van der Waals surface area (Å²) in [6, 6.07) is 8.28. The Bertz CT molecular complexity index is 859. The van der Waals surface area contributed by atoms with E-state index in [9.17, 15) is 20.4 Å². The van der Waals surface area contributed by atoms with Gasteiger partial charge in [-0.1, -0.05) is 6.07 Å². The molecule has 34 heavy (non-hydrogen) atoms. The van der Waals surface area contributed by atoms with Gasteiger partial charge >= 0.3 is 0 Å². The Morgan fingerprint density at radius 3 is 1.85 bits per heavy atom. The molecule has 0 aromatic heterocycles. The molecular formula is C24H34O10. The monoisotopic (exact) mass is 482 g/mol. The van der Waals surface area contributed by atoms with Crippen LogP contribution in [0, 0.1) is 0 Å². The van der Waals surface area contributed by atoms with Gasteiger partial charge in [-0.3, -0.25) is 0 Å². The average Bonchev–Trinajstić information content (AvgIpc) is 2.88. The molecule has 5 N–H and O–H groups in total. The molecule has 0 heterocycles. The first kappa shape index (κ1) is 27.5. The summed E-state index contributed by atoms with van der Waals surface area (Å²) in [5.41, 5.74) is 1.27. The summed E-state index contributed by atoms with van der Waals surface area (Å²) in [5, 5.41) is 48.6. The first-order chi connectivity index (χ1) is 16.5. The maximum atomic E-state index is 11.0. The molecule has 0 unspecified atom stereocenters. The van der Waals surface area contributed by atoms with E-state index in [1.54, 1.807) is 12.1 Å². The van der Waals surface area contributed by atoms with Gasteiger partial charge < -0.3 is 49.2 Å². The van der Waals surface area contributed by atoms with Gasteiger partial charge in [-0.25, -0.2) is 0 Å². The Morgan fingerprint density at radius 2 is 1.35 bits per heavy atom. The summed E-state index contributed by atoms with van der Waals surface area (Å²) >= 11 is 0. The number of aliphatic hydroxyl groups is 5. The van der Waals surface area contributed by atoms with Crippen LogP contribution in [0.3, 0.4) is 0 Å². The number of aryl methyl sites for hydroxylation is 1. The van der Waals surface area contributed by atoms with E-state index in [1.165, 1.54) is 33.5 Å². The zero-order valence-electron chi connectivity index (χ0n) is 19.6. The van der Waals surface area contributed by atoms with Crippen molar-refractivity contribution in [3.63, 3.8) is 0 Å². The van der Waals surface area contributed by atoms with E-state index < -0.39 is 38.1 Å². The largest absolute Gasteiger partial charge is 0.493 e. The minimum Gasteiger partial charge on any atom is -0.493 e. The van der Waals surface area contributed by atoms with Crippen LogP contribution >= 0.6 is 0 Å². The van der Waals surface area contributed by atoms with Crippen molar-refractivity contribution in [3.8, 4) is 28.7 Å². The fraction of sp³-hybridized carbons (Fsp3) is 0.500. The Kier molecular flexibility index (Phi) is 11.2. The molecule has 0 saturated heterocycles. The van der Waals surface area contributed by atoms with Crippen molar-refractivity contribution < 1.29 is 49.2 Å². The lowest BCUT2D eigenvalue weighted by Gasteiger charge is -2.26. The van der Waals surface area contributed by atoms with E-state index in [-0.39, 0.29) is 23.9 Å². The highest BCUT2D eigenvalue weighted by Gasteiger charge is 2.27. The number of rotatable bonds is 15. The number of benzene rings is 2. The van der Waals surface area contributed by atoms with Crippen LogP contribution in [-0.2, 0) is 6.42 Å². The second-order valence-electron chi connectivity index (χ2n) is 7.46. The van der Waals surface area contributed by atoms with Gasteiger partial charge in [-0.15, -0.1) is 0 Å². The minimum atomic E-state index is -1.29. The summed E-state index contributed by atoms with van der Waals surface area (Å²) < 4.78 is 27.6. The van der Waals surface area contributed by atoms with E-state index >= 15 is 0 Å². The van der Waals surface area contributed by atoms with Crippen LogP contribution in [0.5, 0.6) is 28.7 Å². The van der Waals surface area contributed by atoms with Crippen LogP contribution in [0.25, 0.3) is 0 Å². The molecule has 0 radical (unpaired) electrons. The van der Waals surface area contributed by atoms with Crippen molar-refractivity contribution in [2.45, 2.75) is 31.2 Å². The molecule has 10 heteroatoms. The Hall–Kier alpha value is -2.76. The van der Waals surface area contributed by atoms with E-state index in [4.69, 9.17) is 28.8 Å². The van der Waals surface area contributed by atoms with E-state index in [0.717, 1.165) is 5.56 Å². The number of aliphatic hydroxyl groups excluding tert-OH is 5. The normalized spacial score (nSPS) is 12.9. The van der Waals surface area contributed by atoms with E-state index in [2.05, 4.69) is 0 Å². The number of methoxy groups -OCH3 is 3. The highest BCUT2D eigenvalue weighted by molar-refractivity contribution is 5.54. The van der Waals surface area contributed by atoms with Crippen molar-refractivity contribution in [2.75, 3.05) is 47.8 Å². The molecule has 0 amide bonds. The maximum Gasteiger partial charge on any atom is 0.204 e. The SMILES string of the molecule is COc1cc(CCCO)ccc1O[C@H](CO)[C@H](O)c1cc(OC)c(OC(CO)CO)c(OC)c1. The predicted molar refractivity (Wildman–Crippen MR) is 123 cm³/mol. The maximum absolute atomic E-state index is 11.0. The topological polar surface area (TPSA) is 147 Å². The lowest BCUT2D eigenvalue weighted by atomic mass is 10.0. The summed E-state index contributed by atoms with van der Waals surface area (Å²) in [6.45, 7) is -1.27. The highest BCUT2D eigenvalue weighted by atomic mass is 16.6. The number of hydrogen-bond donors (Lipinski definition) is 5. The molecule has 2 atom stereocenters. The molecule has 10 nitrogen and oxygen atoms in total. The van der Waals surface area contributed by atoms with Gasteiger partial charge in [0.25, 0.3) is 0 Å². The molecule has 0 saturated carbocycles. The average molecular weight is 483 g/mol. The molecular weight excluding hydrogens is 448 g/mol. The highest BCUT2D eigenvalue weighted by Crippen LogP contribution is 2.41. The summed E-state index contributed by atoms with van der Waals surface area (Å²) in [5.74, 6) is 1.31. The number of hydrogen-bond acceptors (Lipinski definition) is 10. The number of ether oxygens (including phenoxy) is 5. The molecule has 0 aliphatic rings. The van der Waals surface area contributed by atoms with Crippen LogP contribution < -0.4 is 23.7 Å². The summed E-state index contributed by atoms with van der Waals surface area (Å²) in [7, 11) is 4.28. The van der Waals surface area contributed by atoms with E-state index in [0.29, 0.717) is 29.9 Å². The quantitative estimate of drug-likeness (QED) is 0.247. The second-order valence-corrected chi connectivity index (χ2v) is 7.46. The van der Waals surface area contributed by atoms with Crippen LogP contribution in [-0.4, -0.2) is 85.5 Å². The molecule has 2 rings (SSSR count). The molecule has 0 aliphatic carbocycles. The van der Waals surface area contributed by atoms with Crippen molar-refractivity contribution >= 4 is 0 Å². The van der Waals surface area contributed by atoms with Gasteiger partial charge in [-0.05, 0) is 48.2 Å². The van der Waals surface area contributed by atoms with Crippen molar-refractivity contribution in [1.29, 1.82) is 0 Å². The van der Waals surface area contributed by atoms with E-state index in [1.807, 2.05) is 6.07 Å². The van der Waals surface area contributed by atoms with Crippen molar-refractivity contribution in [3.05, 3.63) is 41.5 Å². The molecule has 0 fully saturated rings. The Labute approximate surface area is 198 Å². The second kappa shape index (κ2) is 13.8. The van der Waals surface area contributed by atoms with Crippen LogP contribution in [0.1, 0.15) is 23.7 Å². The van der Waals surface area contributed by atoms with Gasteiger partial charge in [-0.2, -0.15) is 0 Å². The Balaban J connectivity index is 2.32. The van der Waals surface area contributed by atoms with Gasteiger partial charge in [0.15, 0.2) is 29.1 Å². The lowest BCUT2D eigenvalue weighted by Crippen LogP contribution is -2.29. The zero-order chi connectivity index (χ0) is 25.1. The predicted octanol–water partition coefficient (Wildman–Crippen LogP) is 0.843. The van der Waals surface area contributed by atoms with Crippen LogP contribution in [0.2, 0.25) is 0 Å². The standard InChI is InChI=1S/C24H34O10/c1-30-19-9-15(5-4-8-25)6-7-18(19)34-22(14-28)23(29)16-10-20(31-2)24(21(11-16)32-3)33-17(12-26)13-27/h6-7,9-11,17,22-23,25-29H,4-5,8,12-14H2,1-3H3/t22-,23-/m1/s1. The van der Waals surface area contributed by atoms with Crippen LogP contribution in [0.4, 0.5) is 0 Å². The first-order valence-corrected chi connectivity index (χ1v) is 10.8. The van der Waals surface area contributed by atoms with Gasteiger partial charge in [0.1, 0.15) is 12.2 Å². The Morgan fingerprint density at radius 1 is 0.735 bits per heavy atom. The molecule has 0 bridgehead atoms. The third kappa shape index (κ3) is 6.87. The summed E-state index contributed by atoms with van der Waals surface area (Å²) in [6.07, 6.45) is -1.95. The third-order valence-corrected chi connectivity index (χ3v) is 5.18. The molecule has 0 spiro atoms. The minimum absolute atomic E-state index is 0.0801. The summed E-state index contributed by atoms with van der Waals surface area (Å²) in [4.78, 5) is 0.